The largest absolute Gasteiger partial charge is 0.499 e. The Kier molecular flexibility index (Phi) is 37.5. The third-order valence-electron chi connectivity index (χ3n) is 5.66. The summed E-state index contributed by atoms with van der Waals surface area (Å²) in [4.78, 5) is 11.6. The van der Waals surface area contributed by atoms with Gasteiger partial charge in [0.2, 0.25) is 0 Å². The van der Waals surface area contributed by atoms with Gasteiger partial charge in [0, 0.05) is 6.42 Å². The van der Waals surface area contributed by atoms with Crippen LogP contribution < -0.4 is 0 Å². The molecule has 43 heavy (non-hydrogen) atoms. The molecule has 12 heteroatoms. The molecule has 0 fully saturated rings. The first-order valence-corrected chi connectivity index (χ1v) is 15.9. The van der Waals surface area contributed by atoms with Crippen LogP contribution in [0.5, 0.6) is 0 Å². The first-order valence-electron chi connectivity index (χ1n) is 15.9. The number of hydrogen-bond acceptors (Lipinski definition) is 12. The molecule has 0 atom stereocenters. The van der Waals surface area contributed by atoms with Gasteiger partial charge in [-0.3, -0.25) is 4.79 Å². The van der Waals surface area contributed by atoms with Gasteiger partial charge in [-0.1, -0.05) is 45.6 Å². The fourth-order valence-electron chi connectivity index (χ4n) is 3.39. The molecule has 12 nitrogen and oxygen atoms in total. The van der Waals surface area contributed by atoms with Gasteiger partial charge in [-0.25, -0.2) is 0 Å². The van der Waals surface area contributed by atoms with Crippen molar-refractivity contribution < 1.29 is 56.9 Å². The van der Waals surface area contributed by atoms with Crippen LogP contribution in [-0.2, 0) is 56.9 Å². The minimum Gasteiger partial charge on any atom is -0.499 e. The molecule has 0 bridgehead atoms. The molecule has 0 heterocycles. The van der Waals surface area contributed by atoms with Crippen molar-refractivity contribution in [1.82, 2.24) is 0 Å². The second-order valence-corrected chi connectivity index (χ2v) is 9.29. The SMILES string of the molecule is C=COCCOCCOCCOCCOCCOCCOCCOCCOCCOCCOC(=O)CCCCCCCC. The average molecular weight is 625 g/mol. The molecule has 0 aliphatic heterocycles. The minimum absolute atomic E-state index is 0.143. The van der Waals surface area contributed by atoms with Crippen molar-refractivity contribution in [3.05, 3.63) is 12.8 Å². The Morgan fingerprint density at radius 2 is 0.744 bits per heavy atom. The number of ether oxygens (including phenoxy) is 11. The van der Waals surface area contributed by atoms with Gasteiger partial charge in [-0.05, 0) is 6.42 Å². The van der Waals surface area contributed by atoms with Crippen LogP contribution in [0.4, 0.5) is 0 Å². The highest BCUT2D eigenvalue weighted by molar-refractivity contribution is 5.69. The van der Waals surface area contributed by atoms with Gasteiger partial charge >= 0.3 is 5.97 Å². The van der Waals surface area contributed by atoms with Crippen LogP contribution in [0.3, 0.4) is 0 Å². The van der Waals surface area contributed by atoms with E-state index in [4.69, 9.17) is 52.1 Å². The van der Waals surface area contributed by atoms with E-state index in [-0.39, 0.29) is 12.6 Å². The van der Waals surface area contributed by atoms with Crippen LogP contribution in [0.25, 0.3) is 0 Å². The van der Waals surface area contributed by atoms with Gasteiger partial charge in [0.25, 0.3) is 0 Å². The van der Waals surface area contributed by atoms with Crippen molar-refractivity contribution in [2.75, 3.05) is 132 Å². The molecule has 256 valence electrons. The second kappa shape index (κ2) is 38.7. The van der Waals surface area contributed by atoms with E-state index in [0.717, 1.165) is 12.8 Å². The third kappa shape index (κ3) is 38.6. The lowest BCUT2D eigenvalue weighted by molar-refractivity contribution is -0.145. The number of carbonyl (C=O) groups is 1. The number of unbranched alkanes of at least 4 members (excludes halogenated alkanes) is 5. The number of hydrogen-bond donors (Lipinski definition) is 0. The Morgan fingerprint density at radius 1 is 0.442 bits per heavy atom. The number of esters is 1. The van der Waals surface area contributed by atoms with Crippen molar-refractivity contribution in [1.29, 1.82) is 0 Å². The standard InChI is InChI=1S/C31H60O12/c1-3-5-6-7-8-9-10-31(32)43-30-29-42-28-27-41-26-25-40-24-23-39-22-21-38-20-19-37-18-17-36-16-15-35-14-13-34-12-11-33-4-2/h4H,2-3,5-30H2,1H3. The van der Waals surface area contributed by atoms with E-state index in [1.165, 1.54) is 31.9 Å². The summed E-state index contributed by atoms with van der Waals surface area (Å²) in [6.07, 6.45) is 8.82. The van der Waals surface area contributed by atoms with Crippen molar-refractivity contribution >= 4 is 5.97 Å². The van der Waals surface area contributed by atoms with E-state index in [1.54, 1.807) is 0 Å². The summed E-state index contributed by atoms with van der Waals surface area (Å²) < 4.78 is 59.0. The molecule has 0 spiro atoms. The maximum absolute atomic E-state index is 11.6. The summed E-state index contributed by atoms with van der Waals surface area (Å²) in [5, 5.41) is 0. The van der Waals surface area contributed by atoms with Gasteiger partial charge in [0.05, 0.1) is 125 Å². The number of rotatable bonds is 38. The first kappa shape index (κ1) is 41.7. The van der Waals surface area contributed by atoms with Gasteiger partial charge in [-0.2, -0.15) is 0 Å². The van der Waals surface area contributed by atoms with Crippen LogP contribution in [0.1, 0.15) is 51.9 Å². The summed E-state index contributed by atoms with van der Waals surface area (Å²) in [6, 6.07) is 0. The third-order valence-corrected chi connectivity index (χ3v) is 5.66. The maximum atomic E-state index is 11.6. The summed E-state index contributed by atoms with van der Waals surface area (Å²) in [5.74, 6) is -0.143. The fourth-order valence-corrected chi connectivity index (χ4v) is 3.39. The monoisotopic (exact) mass is 624 g/mol. The summed E-state index contributed by atoms with van der Waals surface area (Å²) in [5.41, 5.74) is 0. The zero-order valence-corrected chi connectivity index (χ0v) is 26.8. The lowest BCUT2D eigenvalue weighted by atomic mass is 10.1. The Bertz CT molecular complexity index is 553. The Morgan fingerprint density at radius 3 is 1.09 bits per heavy atom. The molecule has 0 unspecified atom stereocenters. The van der Waals surface area contributed by atoms with Gasteiger partial charge < -0.3 is 52.1 Å². The van der Waals surface area contributed by atoms with Crippen molar-refractivity contribution in [2.45, 2.75) is 51.9 Å². The van der Waals surface area contributed by atoms with E-state index in [2.05, 4.69) is 13.5 Å². The highest BCUT2D eigenvalue weighted by Crippen LogP contribution is 2.07. The topological polar surface area (TPSA) is 119 Å². The van der Waals surface area contributed by atoms with E-state index >= 15 is 0 Å². The lowest BCUT2D eigenvalue weighted by Crippen LogP contribution is -2.15. The van der Waals surface area contributed by atoms with Crippen LogP contribution >= 0.6 is 0 Å². The van der Waals surface area contributed by atoms with E-state index in [9.17, 15) is 4.79 Å². The predicted molar refractivity (Wildman–Crippen MR) is 162 cm³/mol. The van der Waals surface area contributed by atoms with Crippen LogP contribution in [0.2, 0.25) is 0 Å². The summed E-state index contributed by atoms with van der Waals surface area (Å²) in [7, 11) is 0. The Labute approximate surface area is 259 Å². The lowest BCUT2D eigenvalue weighted by Gasteiger charge is -2.09. The highest BCUT2D eigenvalue weighted by atomic mass is 16.6. The molecular weight excluding hydrogens is 564 g/mol. The van der Waals surface area contributed by atoms with Crippen LogP contribution in [-0.4, -0.2) is 138 Å². The summed E-state index contributed by atoms with van der Waals surface area (Å²) in [6.45, 7) is 15.4. The van der Waals surface area contributed by atoms with Gasteiger partial charge in [0.1, 0.15) is 13.2 Å². The quantitative estimate of drug-likeness (QED) is 0.0568. The molecule has 0 N–H and O–H groups in total. The normalized spacial score (nSPS) is 11.2. The van der Waals surface area contributed by atoms with Gasteiger partial charge in [0.15, 0.2) is 0 Å². The van der Waals surface area contributed by atoms with Crippen LogP contribution in [0.15, 0.2) is 12.8 Å². The highest BCUT2D eigenvalue weighted by Gasteiger charge is 2.02. The van der Waals surface area contributed by atoms with Crippen molar-refractivity contribution in [3.63, 3.8) is 0 Å². The molecule has 0 amide bonds. The smallest absolute Gasteiger partial charge is 0.305 e. The molecule has 0 radical (unpaired) electrons. The zero-order valence-electron chi connectivity index (χ0n) is 26.8. The zero-order chi connectivity index (χ0) is 31.2. The van der Waals surface area contributed by atoms with E-state index in [0.29, 0.717) is 132 Å². The first-order chi connectivity index (χ1) is 21.3. The number of carbonyl (C=O) groups excluding carboxylic acids is 1. The molecule has 0 rings (SSSR count). The molecule has 0 aromatic carbocycles. The summed E-state index contributed by atoms with van der Waals surface area (Å²) >= 11 is 0. The molecule has 0 aromatic rings. The Balaban J connectivity index is 3.09. The maximum Gasteiger partial charge on any atom is 0.305 e. The van der Waals surface area contributed by atoms with Crippen molar-refractivity contribution in [3.8, 4) is 0 Å². The molecule has 0 aromatic heterocycles. The van der Waals surface area contributed by atoms with Crippen LogP contribution in [0, 0.1) is 0 Å². The Hall–Kier alpha value is -1.35. The molecule has 0 aliphatic rings. The molecule has 0 saturated carbocycles. The van der Waals surface area contributed by atoms with Gasteiger partial charge in [-0.15, -0.1) is 0 Å². The molecule has 0 saturated heterocycles. The van der Waals surface area contributed by atoms with E-state index in [1.807, 2.05) is 0 Å². The van der Waals surface area contributed by atoms with Crippen molar-refractivity contribution in [2.24, 2.45) is 0 Å². The second-order valence-electron chi connectivity index (χ2n) is 9.29. The van der Waals surface area contributed by atoms with E-state index < -0.39 is 0 Å². The minimum atomic E-state index is -0.143. The molecular formula is C31H60O12. The molecule has 0 aliphatic carbocycles. The fraction of sp³-hybridized carbons (Fsp3) is 0.903. The predicted octanol–water partition coefficient (Wildman–Crippen LogP) is 3.59. The average Bonchev–Trinajstić information content (AvgIpc) is 3.01.